The van der Waals surface area contributed by atoms with Crippen molar-refractivity contribution < 1.29 is 9.21 Å². The number of aromatic nitrogens is 3. The van der Waals surface area contributed by atoms with Crippen LogP contribution in [0.3, 0.4) is 0 Å². The van der Waals surface area contributed by atoms with Gasteiger partial charge in [0.15, 0.2) is 10.9 Å². The number of thioether (sulfide) groups is 1. The van der Waals surface area contributed by atoms with Gasteiger partial charge in [0, 0.05) is 30.2 Å². The lowest BCUT2D eigenvalue weighted by Gasteiger charge is -2.17. The SMILES string of the molecule is O=C(CSc1nnc(-c2ccco2)n1-c1ccccc1)Nc1ccc(N2CCCC2)cc1. The van der Waals surface area contributed by atoms with Crippen LogP contribution in [0.2, 0.25) is 0 Å². The molecule has 0 bridgehead atoms. The van der Waals surface area contributed by atoms with E-state index in [1.165, 1.54) is 30.3 Å². The fraction of sp³-hybridized carbons (Fsp3) is 0.208. The van der Waals surface area contributed by atoms with Gasteiger partial charge in [-0.15, -0.1) is 10.2 Å². The van der Waals surface area contributed by atoms with Crippen LogP contribution in [0.5, 0.6) is 0 Å². The first kappa shape index (κ1) is 20.4. The maximum Gasteiger partial charge on any atom is 0.234 e. The molecule has 2 aromatic carbocycles. The van der Waals surface area contributed by atoms with Crippen molar-refractivity contribution in [2.75, 3.05) is 29.1 Å². The number of benzene rings is 2. The molecular formula is C24H23N5O2S. The zero-order valence-corrected chi connectivity index (χ0v) is 18.3. The number of amides is 1. The van der Waals surface area contributed by atoms with E-state index >= 15 is 0 Å². The zero-order valence-electron chi connectivity index (χ0n) is 17.5. The summed E-state index contributed by atoms with van der Waals surface area (Å²) < 4.78 is 7.44. The Hall–Kier alpha value is -3.52. The van der Waals surface area contributed by atoms with Crippen molar-refractivity contribution in [1.82, 2.24) is 14.8 Å². The van der Waals surface area contributed by atoms with E-state index in [9.17, 15) is 4.79 Å². The summed E-state index contributed by atoms with van der Waals surface area (Å²) in [6.45, 7) is 2.20. The smallest absolute Gasteiger partial charge is 0.234 e. The molecule has 1 amide bonds. The first-order valence-corrected chi connectivity index (χ1v) is 11.6. The number of rotatable bonds is 7. The van der Waals surface area contributed by atoms with Crippen molar-refractivity contribution in [3.8, 4) is 17.3 Å². The molecule has 0 radical (unpaired) electrons. The average Bonchev–Trinajstić information content (AvgIpc) is 3.60. The molecule has 32 heavy (non-hydrogen) atoms. The average molecular weight is 446 g/mol. The molecular weight excluding hydrogens is 422 g/mol. The van der Waals surface area contributed by atoms with E-state index in [1.807, 2.05) is 59.2 Å². The lowest BCUT2D eigenvalue weighted by molar-refractivity contribution is -0.113. The summed E-state index contributed by atoms with van der Waals surface area (Å²) in [6.07, 6.45) is 4.09. The summed E-state index contributed by atoms with van der Waals surface area (Å²) in [5.74, 6) is 1.35. The molecule has 1 saturated heterocycles. The Kier molecular flexibility index (Phi) is 5.93. The number of para-hydroxylation sites is 1. The fourth-order valence-electron chi connectivity index (χ4n) is 3.80. The molecule has 0 atom stereocenters. The van der Waals surface area contributed by atoms with Gasteiger partial charge in [0.05, 0.1) is 12.0 Å². The number of furan rings is 1. The van der Waals surface area contributed by atoms with E-state index in [-0.39, 0.29) is 11.7 Å². The molecule has 8 heteroatoms. The van der Waals surface area contributed by atoms with Gasteiger partial charge in [-0.25, -0.2) is 0 Å². The number of nitrogens with one attached hydrogen (secondary N) is 1. The van der Waals surface area contributed by atoms with E-state index in [1.54, 1.807) is 6.26 Å². The van der Waals surface area contributed by atoms with Gasteiger partial charge >= 0.3 is 0 Å². The van der Waals surface area contributed by atoms with Gasteiger partial charge in [0.1, 0.15) is 0 Å². The summed E-state index contributed by atoms with van der Waals surface area (Å²) in [5, 5.41) is 12.2. The summed E-state index contributed by atoms with van der Waals surface area (Å²) in [5.41, 5.74) is 2.90. The molecule has 5 rings (SSSR count). The van der Waals surface area contributed by atoms with E-state index < -0.39 is 0 Å². The highest BCUT2D eigenvalue weighted by Crippen LogP contribution is 2.28. The number of nitrogens with zero attached hydrogens (tertiary/aromatic N) is 4. The molecule has 2 aromatic heterocycles. The number of hydrogen-bond acceptors (Lipinski definition) is 6. The van der Waals surface area contributed by atoms with Crippen LogP contribution in [0.15, 0.2) is 82.6 Å². The molecule has 1 aliphatic heterocycles. The predicted octanol–water partition coefficient (Wildman–Crippen LogP) is 4.86. The number of anilines is 2. The summed E-state index contributed by atoms with van der Waals surface area (Å²) in [7, 11) is 0. The van der Waals surface area contributed by atoms with Crippen molar-refractivity contribution in [3.05, 3.63) is 73.0 Å². The van der Waals surface area contributed by atoms with Crippen LogP contribution < -0.4 is 10.2 Å². The Balaban J connectivity index is 1.28. The molecule has 162 valence electrons. The lowest BCUT2D eigenvalue weighted by Crippen LogP contribution is -2.18. The second kappa shape index (κ2) is 9.32. The minimum Gasteiger partial charge on any atom is -0.461 e. The quantitative estimate of drug-likeness (QED) is 0.410. The Morgan fingerprint density at radius 1 is 0.938 bits per heavy atom. The Bertz CT molecular complexity index is 1170. The molecule has 0 saturated carbocycles. The molecule has 0 aliphatic carbocycles. The van der Waals surface area contributed by atoms with Crippen LogP contribution in [0.25, 0.3) is 17.3 Å². The molecule has 0 spiro atoms. The second-order valence-corrected chi connectivity index (χ2v) is 8.47. The van der Waals surface area contributed by atoms with Gasteiger partial charge in [-0.1, -0.05) is 30.0 Å². The van der Waals surface area contributed by atoms with E-state index in [4.69, 9.17) is 4.42 Å². The van der Waals surface area contributed by atoms with Gasteiger partial charge < -0.3 is 14.6 Å². The van der Waals surface area contributed by atoms with E-state index in [2.05, 4.69) is 32.5 Å². The number of carbonyl (C=O) groups is 1. The van der Waals surface area contributed by atoms with Crippen LogP contribution in [0, 0.1) is 0 Å². The van der Waals surface area contributed by atoms with Crippen LogP contribution in [0.1, 0.15) is 12.8 Å². The maximum absolute atomic E-state index is 12.6. The lowest BCUT2D eigenvalue weighted by atomic mass is 10.2. The number of carbonyl (C=O) groups excluding carboxylic acids is 1. The Labute approximate surface area is 190 Å². The second-order valence-electron chi connectivity index (χ2n) is 7.53. The maximum atomic E-state index is 12.6. The highest BCUT2D eigenvalue weighted by Gasteiger charge is 2.19. The molecule has 1 fully saturated rings. The molecule has 4 aromatic rings. The van der Waals surface area contributed by atoms with Crippen molar-refractivity contribution in [2.45, 2.75) is 18.0 Å². The third-order valence-corrected chi connectivity index (χ3v) is 6.27. The summed E-state index contributed by atoms with van der Waals surface area (Å²) >= 11 is 1.34. The first-order chi connectivity index (χ1) is 15.8. The van der Waals surface area contributed by atoms with Gasteiger partial charge in [0.2, 0.25) is 11.7 Å². The van der Waals surface area contributed by atoms with Gasteiger partial charge in [-0.2, -0.15) is 0 Å². The van der Waals surface area contributed by atoms with Crippen molar-refractivity contribution in [1.29, 1.82) is 0 Å². The molecule has 0 unspecified atom stereocenters. The highest BCUT2D eigenvalue weighted by molar-refractivity contribution is 7.99. The largest absolute Gasteiger partial charge is 0.461 e. The van der Waals surface area contributed by atoms with Crippen LogP contribution in [-0.2, 0) is 4.79 Å². The fourth-order valence-corrected chi connectivity index (χ4v) is 4.55. The highest BCUT2D eigenvalue weighted by atomic mass is 32.2. The molecule has 7 nitrogen and oxygen atoms in total. The van der Waals surface area contributed by atoms with E-state index in [0.29, 0.717) is 16.7 Å². The number of hydrogen-bond donors (Lipinski definition) is 1. The summed E-state index contributed by atoms with van der Waals surface area (Å²) in [4.78, 5) is 15.0. The zero-order chi connectivity index (χ0) is 21.8. The van der Waals surface area contributed by atoms with Crippen molar-refractivity contribution in [2.24, 2.45) is 0 Å². The van der Waals surface area contributed by atoms with E-state index in [0.717, 1.165) is 24.5 Å². The minimum atomic E-state index is -0.0916. The van der Waals surface area contributed by atoms with Gasteiger partial charge in [-0.05, 0) is 61.4 Å². The first-order valence-electron chi connectivity index (χ1n) is 10.6. The van der Waals surface area contributed by atoms with Crippen molar-refractivity contribution in [3.63, 3.8) is 0 Å². The summed E-state index contributed by atoms with van der Waals surface area (Å²) in [6, 6.07) is 21.5. The Morgan fingerprint density at radius 2 is 1.72 bits per heavy atom. The molecule has 3 heterocycles. The van der Waals surface area contributed by atoms with Crippen LogP contribution >= 0.6 is 11.8 Å². The van der Waals surface area contributed by atoms with Crippen molar-refractivity contribution >= 4 is 29.0 Å². The van der Waals surface area contributed by atoms with Gasteiger partial charge in [0.25, 0.3) is 0 Å². The predicted molar refractivity (Wildman–Crippen MR) is 126 cm³/mol. The normalized spacial score (nSPS) is 13.4. The monoisotopic (exact) mass is 445 g/mol. The third kappa shape index (κ3) is 4.40. The van der Waals surface area contributed by atoms with Gasteiger partial charge in [-0.3, -0.25) is 9.36 Å². The topological polar surface area (TPSA) is 76.2 Å². The standard InChI is InChI=1S/C24H23N5O2S/c30-22(25-18-10-12-19(13-11-18)28-14-4-5-15-28)17-32-24-27-26-23(21-9-6-16-31-21)29(24)20-7-2-1-3-8-20/h1-3,6-13,16H,4-5,14-15,17H2,(H,25,30). The van der Waals surface area contributed by atoms with Crippen LogP contribution in [0.4, 0.5) is 11.4 Å². The Morgan fingerprint density at radius 3 is 2.44 bits per heavy atom. The molecule has 1 aliphatic rings. The molecule has 1 N–H and O–H groups in total. The third-order valence-electron chi connectivity index (χ3n) is 5.34. The van der Waals surface area contributed by atoms with Crippen LogP contribution in [-0.4, -0.2) is 39.5 Å². The minimum absolute atomic E-state index is 0.0916.